The Morgan fingerprint density at radius 3 is 2.46 bits per heavy atom. The number of amides is 1. The van der Waals surface area contributed by atoms with Crippen molar-refractivity contribution >= 4 is 15.9 Å². The molecule has 3 heterocycles. The van der Waals surface area contributed by atoms with Gasteiger partial charge in [0.25, 0.3) is 5.91 Å². The lowest BCUT2D eigenvalue weighted by Gasteiger charge is -2.26. The third-order valence-electron chi connectivity index (χ3n) is 5.52. The second-order valence-corrected chi connectivity index (χ2v) is 8.86. The molecule has 2 aliphatic rings. The van der Waals surface area contributed by atoms with Gasteiger partial charge < -0.3 is 9.32 Å². The van der Waals surface area contributed by atoms with Crippen LogP contribution in [0, 0.1) is 5.92 Å². The Morgan fingerprint density at radius 2 is 1.73 bits per heavy atom. The number of carbonyl (C=O) groups excluding carboxylic acids is 1. The number of nitrogens with zero attached hydrogens (tertiary/aromatic N) is 2. The maximum Gasteiger partial charge on any atom is 0.257 e. The number of benzene rings is 1. The van der Waals surface area contributed by atoms with Gasteiger partial charge in [-0.05, 0) is 43.4 Å². The van der Waals surface area contributed by atoms with Crippen LogP contribution in [0.4, 0.5) is 0 Å². The molecule has 0 unspecified atom stereocenters. The van der Waals surface area contributed by atoms with Crippen LogP contribution in [0.3, 0.4) is 0 Å². The standard InChI is InChI=1S/C19H22N2O4S/c22-19(16-9-13-25-14-16)21-12-7-15-6-10-20(11-8-18(15)21)26(23,24)17-4-2-1-3-5-17/h1-5,9,13-15,18H,6-8,10-12H2/t15-,18-/m1/s1. The predicted octanol–water partition coefficient (Wildman–Crippen LogP) is 2.60. The monoisotopic (exact) mass is 374 g/mol. The maximum atomic E-state index is 12.9. The minimum atomic E-state index is -3.48. The summed E-state index contributed by atoms with van der Waals surface area (Å²) in [5.74, 6) is 0.326. The summed E-state index contributed by atoms with van der Waals surface area (Å²) in [6.45, 7) is 1.67. The third-order valence-corrected chi connectivity index (χ3v) is 7.43. The van der Waals surface area contributed by atoms with E-state index in [-0.39, 0.29) is 11.9 Å². The smallest absolute Gasteiger partial charge is 0.257 e. The van der Waals surface area contributed by atoms with Crippen molar-refractivity contribution in [3.63, 3.8) is 0 Å². The van der Waals surface area contributed by atoms with Crippen LogP contribution in [0.15, 0.2) is 58.2 Å². The summed E-state index contributed by atoms with van der Waals surface area (Å²) in [4.78, 5) is 14.9. The van der Waals surface area contributed by atoms with E-state index in [1.165, 1.54) is 12.5 Å². The highest BCUT2D eigenvalue weighted by Crippen LogP contribution is 2.34. The number of hydrogen-bond acceptors (Lipinski definition) is 4. The van der Waals surface area contributed by atoms with Gasteiger partial charge >= 0.3 is 0 Å². The number of sulfonamides is 1. The van der Waals surface area contributed by atoms with Gasteiger partial charge in [0, 0.05) is 25.7 Å². The minimum absolute atomic E-state index is 0.0226. The Kier molecular flexibility index (Phi) is 4.58. The predicted molar refractivity (Wildman–Crippen MR) is 96.1 cm³/mol. The van der Waals surface area contributed by atoms with E-state index in [0.29, 0.717) is 35.9 Å². The average molecular weight is 374 g/mol. The molecule has 0 radical (unpaired) electrons. The van der Waals surface area contributed by atoms with Crippen molar-refractivity contribution in [3.05, 3.63) is 54.5 Å². The van der Waals surface area contributed by atoms with E-state index in [0.717, 1.165) is 19.4 Å². The molecule has 1 amide bonds. The normalized spacial score (nSPS) is 24.2. The zero-order valence-corrected chi connectivity index (χ0v) is 15.3. The SMILES string of the molecule is O=C(c1ccoc1)N1CC[C@H]2CCN(S(=O)(=O)c3ccccc3)CC[C@H]21. The second-order valence-electron chi connectivity index (χ2n) is 6.92. The van der Waals surface area contributed by atoms with Crippen LogP contribution in [-0.4, -0.2) is 49.2 Å². The summed E-state index contributed by atoms with van der Waals surface area (Å²) < 4.78 is 32.4. The zero-order valence-electron chi connectivity index (χ0n) is 14.5. The molecule has 0 saturated carbocycles. The van der Waals surface area contributed by atoms with Crippen LogP contribution in [0.5, 0.6) is 0 Å². The molecular formula is C19H22N2O4S. The van der Waals surface area contributed by atoms with Gasteiger partial charge in [0.2, 0.25) is 10.0 Å². The highest BCUT2D eigenvalue weighted by Gasteiger charge is 2.40. The first-order valence-corrected chi connectivity index (χ1v) is 10.4. The molecule has 2 aliphatic heterocycles. The van der Waals surface area contributed by atoms with E-state index >= 15 is 0 Å². The van der Waals surface area contributed by atoms with Crippen LogP contribution < -0.4 is 0 Å². The first-order chi connectivity index (χ1) is 12.6. The average Bonchev–Trinajstić information content (AvgIpc) is 3.28. The van der Waals surface area contributed by atoms with Gasteiger partial charge in [-0.15, -0.1) is 0 Å². The molecular weight excluding hydrogens is 352 g/mol. The van der Waals surface area contributed by atoms with Gasteiger partial charge in [-0.25, -0.2) is 8.42 Å². The Labute approximate surface area is 153 Å². The summed E-state index contributed by atoms with van der Waals surface area (Å²) in [5.41, 5.74) is 0.559. The van der Waals surface area contributed by atoms with E-state index in [2.05, 4.69) is 0 Å². The molecule has 26 heavy (non-hydrogen) atoms. The molecule has 2 saturated heterocycles. The number of carbonyl (C=O) groups is 1. The number of rotatable bonds is 3. The first kappa shape index (κ1) is 17.3. The quantitative estimate of drug-likeness (QED) is 0.828. The molecule has 138 valence electrons. The Morgan fingerprint density at radius 1 is 1.00 bits per heavy atom. The Balaban J connectivity index is 1.51. The summed E-state index contributed by atoms with van der Waals surface area (Å²) in [6.07, 6.45) is 5.35. The van der Waals surface area contributed by atoms with Crippen molar-refractivity contribution in [3.8, 4) is 0 Å². The molecule has 0 N–H and O–H groups in total. The number of furan rings is 1. The van der Waals surface area contributed by atoms with Gasteiger partial charge in [-0.1, -0.05) is 18.2 Å². The number of likely N-dealkylation sites (tertiary alicyclic amines) is 1. The molecule has 2 fully saturated rings. The summed E-state index contributed by atoms with van der Waals surface area (Å²) in [6, 6.07) is 10.3. The molecule has 1 aromatic heterocycles. The van der Waals surface area contributed by atoms with Gasteiger partial charge in [-0.2, -0.15) is 4.31 Å². The van der Waals surface area contributed by atoms with Crippen molar-refractivity contribution in [2.24, 2.45) is 5.92 Å². The van der Waals surface area contributed by atoms with Crippen LogP contribution in [0.1, 0.15) is 29.6 Å². The van der Waals surface area contributed by atoms with Gasteiger partial charge in [0.1, 0.15) is 6.26 Å². The topological polar surface area (TPSA) is 70.8 Å². The second kappa shape index (κ2) is 6.89. The minimum Gasteiger partial charge on any atom is -0.472 e. The van der Waals surface area contributed by atoms with Crippen LogP contribution in [0.25, 0.3) is 0 Å². The molecule has 0 bridgehead atoms. The fraction of sp³-hybridized carbons (Fsp3) is 0.421. The highest BCUT2D eigenvalue weighted by atomic mass is 32.2. The lowest BCUT2D eigenvalue weighted by Crippen LogP contribution is -2.39. The summed E-state index contributed by atoms with van der Waals surface area (Å²) >= 11 is 0. The molecule has 4 rings (SSSR count). The van der Waals surface area contributed by atoms with E-state index in [9.17, 15) is 13.2 Å². The van der Waals surface area contributed by atoms with Crippen molar-refractivity contribution in [2.75, 3.05) is 19.6 Å². The van der Waals surface area contributed by atoms with E-state index in [1.54, 1.807) is 34.6 Å². The fourth-order valence-electron chi connectivity index (χ4n) is 4.13. The molecule has 6 nitrogen and oxygen atoms in total. The largest absolute Gasteiger partial charge is 0.472 e. The number of hydrogen-bond donors (Lipinski definition) is 0. The lowest BCUT2D eigenvalue weighted by atomic mass is 9.95. The number of fused-ring (bicyclic) bond motifs is 1. The van der Waals surface area contributed by atoms with Gasteiger partial charge in [0.05, 0.1) is 16.7 Å². The van der Waals surface area contributed by atoms with Gasteiger partial charge in [-0.3, -0.25) is 4.79 Å². The maximum absolute atomic E-state index is 12.9. The zero-order chi connectivity index (χ0) is 18.1. The van der Waals surface area contributed by atoms with Crippen molar-refractivity contribution < 1.29 is 17.6 Å². The van der Waals surface area contributed by atoms with Gasteiger partial charge in [0.15, 0.2) is 0 Å². The molecule has 2 aromatic rings. The summed E-state index contributed by atoms with van der Waals surface area (Å²) in [7, 11) is -3.48. The third kappa shape index (κ3) is 3.05. The molecule has 0 aliphatic carbocycles. The van der Waals surface area contributed by atoms with Crippen molar-refractivity contribution in [1.82, 2.24) is 9.21 Å². The van der Waals surface area contributed by atoms with Crippen molar-refractivity contribution in [2.45, 2.75) is 30.2 Å². The van der Waals surface area contributed by atoms with Crippen LogP contribution in [0.2, 0.25) is 0 Å². The fourth-order valence-corrected chi connectivity index (χ4v) is 5.62. The molecule has 1 aromatic carbocycles. The molecule has 0 spiro atoms. The first-order valence-electron chi connectivity index (χ1n) is 8.96. The van der Waals surface area contributed by atoms with Crippen LogP contribution >= 0.6 is 0 Å². The molecule has 2 atom stereocenters. The van der Waals surface area contributed by atoms with E-state index in [1.807, 2.05) is 11.0 Å². The highest BCUT2D eigenvalue weighted by molar-refractivity contribution is 7.89. The van der Waals surface area contributed by atoms with E-state index < -0.39 is 10.0 Å². The van der Waals surface area contributed by atoms with Crippen LogP contribution in [-0.2, 0) is 10.0 Å². The molecule has 7 heteroatoms. The lowest BCUT2D eigenvalue weighted by molar-refractivity contribution is 0.0713. The Bertz CT molecular complexity index is 864. The summed E-state index contributed by atoms with van der Waals surface area (Å²) in [5, 5.41) is 0. The van der Waals surface area contributed by atoms with Crippen molar-refractivity contribution in [1.29, 1.82) is 0 Å². The van der Waals surface area contributed by atoms with E-state index in [4.69, 9.17) is 4.42 Å². The Hall–Kier alpha value is -2.12.